The van der Waals surface area contributed by atoms with Crippen LogP contribution in [0.3, 0.4) is 0 Å². The van der Waals surface area contributed by atoms with E-state index in [2.05, 4.69) is 45.7 Å². The molecule has 0 saturated heterocycles. The van der Waals surface area contributed by atoms with Crippen molar-refractivity contribution in [3.8, 4) is 12.1 Å². The fraction of sp³-hybridized carbons (Fsp3) is 0.467. The van der Waals surface area contributed by atoms with Crippen LogP contribution in [-0.2, 0) is 38.7 Å². The number of ketones is 4. The maximum Gasteiger partial charge on any atom is 2.00 e. The maximum atomic E-state index is 10.7. The summed E-state index contributed by atoms with van der Waals surface area (Å²) in [5, 5.41) is 43.9. The van der Waals surface area contributed by atoms with E-state index in [0.29, 0.717) is 26.2 Å². The first kappa shape index (κ1) is 56.8. The summed E-state index contributed by atoms with van der Waals surface area (Å²) in [5.74, 6) is 0.132. The number of allylic oxidation sites excluding steroid dienone is 8. The first-order valence-corrected chi connectivity index (χ1v) is 13.7. The van der Waals surface area contributed by atoms with Gasteiger partial charge in [-0.2, -0.15) is 20.8 Å². The molecule has 0 fully saturated rings. The Hall–Kier alpha value is -3.96. The Kier molecular flexibility index (Phi) is 59.3. The van der Waals surface area contributed by atoms with Crippen LogP contribution < -0.4 is 21.3 Å². The molecule has 45 heavy (non-hydrogen) atoms. The van der Waals surface area contributed by atoms with Gasteiger partial charge in [0.25, 0.3) is 0 Å². The quantitative estimate of drug-likeness (QED) is 0.0637. The Morgan fingerprint density at radius 2 is 0.644 bits per heavy atom. The molecule has 0 saturated carbocycles. The van der Waals surface area contributed by atoms with Crippen molar-refractivity contribution in [1.82, 2.24) is 21.3 Å². The van der Waals surface area contributed by atoms with E-state index in [-0.39, 0.29) is 42.6 Å². The third-order valence-corrected chi connectivity index (χ3v) is 3.54. The molecule has 0 bridgehead atoms. The van der Waals surface area contributed by atoms with Gasteiger partial charge < -0.3 is 32.1 Å². The van der Waals surface area contributed by atoms with Crippen LogP contribution in [0.4, 0.5) is 0 Å². The van der Waals surface area contributed by atoms with E-state index in [0.717, 1.165) is 22.8 Å². The molecule has 0 aliphatic rings. The van der Waals surface area contributed by atoms with Gasteiger partial charge in [0, 0.05) is 62.8 Å². The molecular formula is C30H46N8O4S2Zn. The predicted molar refractivity (Wildman–Crippen MR) is 184 cm³/mol. The first-order chi connectivity index (χ1) is 20.5. The molecule has 0 heterocycles. The normalized spacial score (nSPS) is 9.42. The number of carbonyl (C=O) groups is 4. The number of rotatable bonds is 14. The molecule has 244 valence electrons. The minimum absolute atomic E-state index is 0. The van der Waals surface area contributed by atoms with E-state index in [1.54, 1.807) is 36.4 Å². The summed E-state index contributed by atoms with van der Waals surface area (Å²) < 4.78 is 0. The van der Waals surface area contributed by atoms with E-state index >= 15 is 0 Å². The van der Waals surface area contributed by atoms with Crippen molar-refractivity contribution in [3.63, 3.8) is 0 Å². The van der Waals surface area contributed by atoms with Gasteiger partial charge in [0.15, 0.2) is 23.1 Å². The molecule has 0 aromatic carbocycles. The van der Waals surface area contributed by atoms with Gasteiger partial charge in [-0.1, -0.05) is 24.4 Å². The molecule has 15 heteroatoms. The Bertz CT molecular complexity index is 972. The molecule has 0 aromatic heterocycles. The van der Waals surface area contributed by atoms with Crippen LogP contribution in [0.2, 0.25) is 0 Å². The number of hydrogen-bond acceptors (Lipinski definition) is 12. The second-order valence-electron chi connectivity index (χ2n) is 8.09. The Morgan fingerprint density at radius 3 is 0.733 bits per heavy atom. The fourth-order valence-electron chi connectivity index (χ4n) is 2.46. The van der Waals surface area contributed by atoms with Crippen LogP contribution in [0, 0.1) is 22.7 Å². The third-order valence-electron chi connectivity index (χ3n) is 3.54. The molecule has 0 amide bonds. The largest absolute Gasteiger partial charge is 2.00 e. The van der Waals surface area contributed by atoms with Crippen LogP contribution in [0.1, 0.15) is 69.2 Å². The van der Waals surface area contributed by atoms with Gasteiger partial charge in [-0.15, -0.1) is 0 Å². The van der Waals surface area contributed by atoms with Crippen molar-refractivity contribution in [2.45, 2.75) is 69.2 Å². The van der Waals surface area contributed by atoms with Crippen LogP contribution in [-0.4, -0.2) is 59.6 Å². The van der Waals surface area contributed by atoms with E-state index in [9.17, 15) is 19.2 Å². The monoisotopic (exact) mass is 710 g/mol. The summed E-state index contributed by atoms with van der Waals surface area (Å²) >= 11 is 7.40. The van der Waals surface area contributed by atoms with Crippen molar-refractivity contribution in [1.29, 1.82) is 10.5 Å². The topological polar surface area (TPSA) is 209 Å². The molecule has 4 N–H and O–H groups in total. The smallest absolute Gasteiger partial charge is 0.753 e. The van der Waals surface area contributed by atoms with Crippen molar-refractivity contribution in [2.24, 2.45) is 0 Å². The van der Waals surface area contributed by atoms with E-state index in [1.807, 2.05) is 27.7 Å². The van der Waals surface area contributed by atoms with Crippen molar-refractivity contribution < 1.29 is 38.7 Å². The van der Waals surface area contributed by atoms with E-state index in [4.69, 9.17) is 21.3 Å². The van der Waals surface area contributed by atoms with Gasteiger partial charge in [0.05, 0.1) is 12.1 Å². The van der Waals surface area contributed by atoms with Crippen LogP contribution in [0.15, 0.2) is 47.1 Å². The summed E-state index contributed by atoms with van der Waals surface area (Å²) in [6.45, 7) is 19.1. The molecule has 0 unspecified atom stereocenters. The fourth-order valence-corrected chi connectivity index (χ4v) is 2.46. The number of nitriles is 2. The first-order valence-electron chi connectivity index (χ1n) is 12.8. The molecule has 0 atom stereocenters. The third kappa shape index (κ3) is 85.4. The Morgan fingerprint density at radius 1 is 0.533 bits per heavy atom. The van der Waals surface area contributed by atoms with Gasteiger partial charge in [-0.3, -0.25) is 19.2 Å². The van der Waals surface area contributed by atoms with Crippen molar-refractivity contribution in [2.75, 3.05) is 26.2 Å². The molecule has 0 aromatic rings. The van der Waals surface area contributed by atoms with Gasteiger partial charge in [-0.25, -0.2) is 0 Å². The molecular weight excluding hydrogens is 666 g/mol. The standard InChI is InChI=1S/2C12H20N2O2.2C2H3N.2CNS.Zn/c2*1-9(7-11(3)15)13-5-6-14-10(2)8-12(4)16;2*1-2-3;2*2-1-3;/h2*7-8,13-14H,5-6H2,1-4H3;2*1H3;;;/q;;;;2*-1;+2/b2*9-7-,10-8-;;;;;. The average Bonchev–Trinajstić information content (AvgIpc) is 2.85. The van der Waals surface area contributed by atoms with Gasteiger partial charge >= 0.3 is 19.5 Å². The summed E-state index contributed by atoms with van der Waals surface area (Å²) in [6, 6.07) is 3.50. The van der Waals surface area contributed by atoms with Crippen LogP contribution >= 0.6 is 24.4 Å². The molecule has 0 aliphatic heterocycles. The minimum atomic E-state index is 0. The number of carbonyl (C=O) groups excluding carboxylic acids is 4. The molecule has 12 nitrogen and oxygen atoms in total. The van der Waals surface area contributed by atoms with Crippen molar-refractivity contribution >= 4 is 57.9 Å². The van der Waals surface area contributed by atoms with Gasteiger partial charge in [0.2, 0.25) is 0 Å². The summed E-state index contributed by atoms with van der Waals surface area (Å²) in [6.07, 6.45) is 6.22. The number of isothiocyanates is 2. The number of nitrogens with one attached hydrogen (secondary N) is 4. The van der Waals surface area contributed by atoms with E-state index < -0.39 is 0 Å². The Labute approximate surface area is 292 Å². The molecule has 0 spiro atoms. The average molecular weight is 712 g/mol. The second kappa shape index (κ2) is 47.0. The van der Waals surface area contributed by atoms with Crippen LogP contribution in [0.5, 0.6) is 0 Å². The Balaban J connectivity index is -0.0000000931. The number of thiocarbonyl (C=S) groups is 2. The maximum absolute atomic E-state index is 10.7. The minimum Gasteiger partial charge on any atom is -0.753 e. The van der Waals surface area contributed by atoms with Gasteiger partial charge in [0.1, 0.15) is 0 Å². The number of nitrogens with zero attached hydrogens (tertiary/aromatic N) is 4. The van der Waals surface area contributed by atoms with Gasteiger partial charge in [-0.05, 0) is 79.7 Å². The summed E-state index contributed by atoms with van der Waals surface area (Å²) in [7, 11) is 0. The van der Waals surface area contributed by atoms with Crippen LogP contribution in [0.25, 0.3) is 10.8 Å². The number of hydrogen-bond donors (Lipinski definition) is 4. The van der Waals surface area contributed by atoms with Crippen molar-refractivity contribution in [3.05, 3.63) is 57.9 Å². The zero-order chi connectivity index (χ0) is 35.9. The molecule has 0 radical (unpaired) electrons. The zero-order valence-corrected chi connectivity index (χ0v) is 32.7. The molecule has 0 rings (SSSR count). The summed E-state index contributed by atoms with van der Waals surface area (Å²) in [5.41, 5.74) is 3.40. The zero-order valence-electron chi connectivity index (χ0n) is 28.1. The SMILES string of the molecule is CC#N.CC#N.CC(=O)/C=C(/C)NCCN/C(C)=C\C(C)=O.CC(=O)/C=C(/C)NCCN/C(C)=C\C(C)=O.[N-]=C=S.[N-]=C=S.[Zn+2]. The second-order valence-corrected chi connectivity index (χ2v) is 8.45. The predicted octanol–water partition coefficient (Wildman–Crippen LogP) is 4.68. The molecule has 0 aliphatic carbocycles. The van der Waals surface area contributed by atoms with E-state index in [1.165, 1.54) is 51.9 Å². The summed E-state index contributed by atoms with van der Waals surface area (Å²) in [4.78, 5) is 43.0.